The molecule has 0 aromatic carbocycles. The van der Waals surface area contributed by atoms with Gasteiger partial charge in [0, 0.05) is 56.8 Å². The summed E-state index contributed by atoms with van der Waals surface area (Å²) in [7, 11) is 0. The van der Waals surface area contributed by atoms with Crippen molar-refractivity contribution in [2.75, 3.05) is 6.61 Å². The molecule has 3 saturated heterocycles. The van der Waals surface area contributed by atoms with Crippen molar-refractivity contribution in [3.05, 3.63) is 0 Å². The highest BCUT2D eigenvalue weighted by molar-refractivity contribution is 5.84. The smallest absolute Gasteiger partial charge is 0.347 e. The van der Waals surface area contributed by atoms with Gasteiger partial charge < -0.3 is 72.5 Å². The third kappa shape index (κ3) is 26.1. The lowest BCUT2D eigenvalue weighted by atomic mass is 9.49. The quantitative estimate of drug-likeness (QED) is 0.0461. The first kappa shape index (κ1) is 117. The van der Waals surface area contributed by atoms with Crippen LogP contribution in [0.2, 0.25) is 0 Å². The summed E-state index contributed by atoms with van der Waals surface area (Å²) < 4.78 is 61.4. The Morgan fingerprint density at radius 1 is 0.340 bits per heavy atom. The summed E-state index contributed by atoms with van der Waals surface area (Å²) in [6.07, 6.45) is 38.2. The molecule has 820 valence electrons. The van der Waals surface area contributed by atoms with E-state index in [9.17, 15) is 73.2 Å². The van der Waals surface area contributed by atoms with Crippen molar-refractivity contribution >= 4 is 65.7 Å². The van der Waals surface area contributed by atoms with Crippen LogP contribution in [0, 0.1) is 126 Å². The number of hydrogen-bond donors (Lipinski definition) is 4. The van der Waals surface area contributed by atoms with Crippen LogP contribution >= 0.6 is 0 Å². The number of carbonyl (C=O) groups is 11. The van der Waals surface area contributed by atoms with Crippen molar-refractivity contribution in [1.82, 2.24) is 0 Å². The maximum Gasteiger partial charge on any atom is 0.347 e. The van der Waals surface area contributed by atoms with Crippen LogP contribution in [0.15, 0.2) is 0 Å². The van der Waals surface area contributed by atoms with E-state index in [2.05, 4.69) is 27.7 Å². The van der Waals surface area contributed by atoms with Gasteiger partial charge >= 0.3 is 65.7 Å². The number of rotatable bonds is 26. The molecule has 3 heterocycles. The number of hydrogen-bond acceptors (Lipinski definition) is 26. The van der Waals surface area contributed by atoms with Gasteiger partial charge in [-0.3, -0.25) is 47.9 Å². The fourth-order valence-corrected chi connectivity index (χ4v) is 28.7. The van der Waals surface area contributed by atoms with Crippen molar-refractivity contribution in [2.45, 2.75) is 544 Å². The molecule has 144 heavy (non-hydrogen) atoms. The minimum absolute atomic E-state index is 0.0362. The van der Waals surface area contributed by atoms with Gasteiger partial charge in [0.1, 0.15) is 52.4 Å². The monoisotopic (exact) mass is 2030 g/mol. The maximum absolute atomic E-state index is 12.6. The van der Waals surface area contributed by atoms with Crippen LogP contribution in [-0.2, 0) is 105 Å². The zero-order valence-corrected chi connectivity index (χ0v) is 93.9. The van der Waals surface area contributed by atoms with E-state index in [0.29, 0.717) is 111 Å². The van der Waals surface area contributed by atoms with Gasteiger partial charge in [-0.2, -0.15) is 0 Å². The van der Waals surface area contributed by atoms with E-state index < -0.39 is 72.6 Å². The Bertz CT molecular complexity index is 4400. The van der Waals surface area contributed by atoms with Crippen LogP contribution in [0.4, 0.5) is 0 Å². The highest BCUT2D eigenvalue weighted by Gasteiger charge is 2.68. The molecular formula is C118H192O26. The molecule has 23 aliphatic rings. The lowest BCUT2D eigenvalue weighted by Crippen LogP contribution is -2.67. The summed E-state index contributed by atoms with van der Waals surface area (Å²) in [5.41, 5.74) is -8.05. The zero-order chi connectivity index (χ0) is 107. The minimum Gasteiger partial charge on any atom is -0.463 e. The van der Waals surface area contributed by atoms with Gasteiger partial charge in [0.2, 0.25) is 6.10 Å². The molecule has 15 atom stereocenters. The second kappa shape index (κ2) is 43.6. The van der Waals surface area contributed by atoms with E-state index in [4.69, 9.17) is 52.1 Å². The Balaban J connectivity index is 0.000000147. The number of ether oxygens (including phenoxy) is 11. The largest absolute Gasteiger partial charge is 0.463 e. The number of esters is 11. The van der Waals surface area contributed by atoms with Crippen LogP contribution < -0.4 is 0 Å². The average molecular weight is 2030 g/mol. The second-order valence-electron chi connectivity index (χ2n) is 55.3. The van der Waals surface area contributed by atoms with Gasteiger partial charge in [0.25, 0.3) is 0 Å². The average Bonchev–Trinajstić information content (AvgIpc) is 0.789. The van der Waals surface area contributed by atoms with Crippen LogP contribution in [0.5, 0.6) is 0 Å². The van der Waals surface area contributed by atoms with E-state index in [0.717, 1.165) is 160 Å². The highest BCUT2D eigenvalue weighted by Crippen LogP contribution is 2.66. The van der Waals surface area contributed by atoms with Gasteiger partial charge in [-0.15, -0.1) is 0 Å². The van der Waals surface area contributed by atoms with E-state index in [1.54, 1.807) is 13.8 Å². The first-order valence-corrected chi connectivity index (χ1v) is 56.9. The predicted molar refractivity (Wildman–Crippen MR) is 544 cm³/mol. The van der Waals surface area contributed by atoms with E-state index in [-0.39, 0.29) is 135 Å². The van der Waals surface area contributed by atoms with Crippen LogP contribution in [0.25, 0.3) is 0 Å². The van der Waals surface area contributed by atoms with Crippen molar-refractivity contribution in [3.8, 4) is 0 Å². The van der Waals surface area contributed by atoms with Crippen molar-refractivity contribution < 1.29 is 125 Å². The number of carbonyl (C=O) groups excluding carboxylic acids is 11. The van der Waals surface area contributed by atoms with Gasteiger partial charge in [0.15, 0.2) is 0 Å². The topological polar surface area (TPSA) is 370 Å². The SMILES string of the molecule is CCC(C)(C)C(=O)OC(C)(C)C1CCCCC1.CCC(C)(C)C(=O)OC1(CC)C2CC3CC(C2)CC1C3.CCC(C)(C)C(=O)OC12CC3CC(CC(O)(C3)C1)C2.CCC(C)(C)C(=O)OC12CC3CC(CC(O)(C3)C1)C2.CCC(C)(C)C(=O)OC12CC3CC(O)(CC(O)(C3)C1)C2.CCC(C)(C)C(=O)OC1C2CC3C(=O)OC1C3C2.CCC(C)(C)C(=O)OC1CCC2CC1OC2=O.CCC(C)(C)C(=O)OC1CCOC1=O. The summed E-state index contributed by atoms with van der Waals surface area (Å²) in [5.74, 6) is 5.23. The molecule has 0 aromatic rings. The normalized spacial score (nSPS) is 37.5. The molecule has 20 aliphatic carbocycles. The van der Waals surface area contributed by atoms with Crippen molar-refractivity contribution in [1.29, 1.82) is 0 Å². The summed E-state index contributed by atoms with van der Waals surface area (Å²) in [6, 6.07) is 0. The lowest BCUT2D eigenvalue weighted by Gasteiger charge is -2.62. The van der Waals surface area contributed by atoms with Crippen molar-refractivity contribution in [2.24, 2.45) is 126 Å². The van der Waals surface area contributed by atoms with Gasteiger partial charge in [0.05, 0.1) is 84.2 Å². The molecule has 4 N–H and O–H groups in total. The van der Waals surface area contributed by atoms with Crippen LogP contribution in [0.1, 0.15) is 463 Å². The maximum atomic E-state index is 12.6. The second-order valence-corrected chi connectivity index (χ2v) is 55.3. The summed E-state index contributed by atoms with van der Waals surface area (Å²) in [6.45, 7) is 53.4. The van der Waals surface area contributed by atoms with Gasteiger partial charge in [-0.05, 0) is 396 Å². The summed E-state index contributed by atoms with van der Waals surface area (Å²) in [4.78, 5) is 132. The van der Waals surface area contributed by atoms with E-state index in [1.807, 2.05) is 145 Å². The molecule has 20 bridgehead atoms. The first-order chi connectivity index (χ1) is 66.7. The Morgan fingerprint density at radius 2 is 0.715 bits per heavy atom. The molecule has 26 nitrogen and oxygen atoms in total. The Kier molecular flexibility index (Phi) is 35.4. The Labute approximate surface area is 863 Å². The third-order valence-electron chi connectivity index (χ3n) is 40.0. The molecule has 23 rings (SSSR count). The summed E-state index contributed by atoms with van der Waals surface area (Å²) in [5, 5.41) is 42.6. The molecule has 0 amide bonds. The Hall–Kier alpha value is -5.99. The molecule has 0 radical (unpaired) electrons. The number of cyclic esters (lactones) is 1. The highest BCUT2D eigenvalue weighted by atomic mass is 16.6. The van der Waals surface area contributed by atoms with E-state index in [1.165, 1.54) is 77.0 Å². The molecule has 15 unspecified atom stereocenters. The minimum atomic E-state index is -0.842. The van der Waals surface area contributed by atoms with Crippen LogP contribution in [0.3, 0.4) is 0 Å². The zero-order valence-electron chi connectivity index (χ0n) is 93.9. The van der Waals surface area contributed by atoms with E-state index >= 15 is 0 Å². The van der Waals surface area contributed by atoms with Crippen LogP contribution in [-0.4, -0.2) is 174 Å². The molecule has 26 heteroatoms. The lowest BCUT2D eigenvalue weighted by molar-refractivity contribution is -0.264. The van der Waals surface area contributed by atoms with Gasteiger partial charge in [-0.25, -0.2) is 4.79 Å². The standard InChI is InChI=1S/C18H30O2.C16H26O4.2C16H26O3.C15H28O2.C14H20O4.C13H20O4.C10H16O4/c1-5-17(3,4)16(19)20-18(6-2)14-8-12-7-13(10-14)11-15(18)9-12;1-4-13(2,3)12(17)20-16-7-11-5-14(18,9-16)8-15(19,6-11)10-16;2*1-4-14(2,3)13(17)19-16-8-11-5-12(9-16)7-15(18,6-11)10-16;1-6-14(2,3)13(16)17-15(4,5)12-10-8-7-9-11-12;1-4-14(2,3)13(16)18-10-7-5-8-9(6-7)12(15)17-11(8)10;1-4-13(2,3)12(15)17-9-6-5-8-7-10(9)16-11(8)14;1-4-10(2,3)9(12)14-7-5-6-13-8(7)11/h12-15H,5-11H2,1-4H3;11,18-19H,4-10H2,1-3H3;2*11-12,18H,4-10H2,1-3H3;12H,6-11H2,1-5H3;7-11H,4-6H2,1-3H3;8-10H,4-7H2,1-3H3;7H,4-6H2,1-3H3. The third-order valence-corrected chi connectivity index (χ3v) is 40.0. The molecule has 23 fully saturated rings. The number of fused-ring (bicyclic) bond motifs is 3. The molecule has 20 saturated carbocycles. The Morgan fingerprint density at radius 3 is 1.12 bits per heavy atom. The molecule has 0 aromatic heterocycles. The summed E-state index contributed by atoms with van der Waals surface area (Å²) >= 11 is 0. The fourth-order valence-electron chi connectivity index (χ4n) is 28.7. The molecular weight excluding hydrogens is 1830 g/mol. The van der Waals surface area contributed by atoms with Crippen molar-refractivity contribution in [3.63, 3.8) is 0 Å². The molecule has 3 aliphatic heterocycles. The predicted octanol–water partition coefficient (Wildman–Crippen LogP) is 22.4. The number of aliphatic hydroxyl groups is 4. The fraction of sp³-hybridized carbons (Fsp3) is 0.907. The molecule has 0 spiro atoms. The van der Waals surface area contributed by atoms with Gasteiger partial charge in [-0.1, -0.05) is 81.6 Å². The first-order valence-electron chi connectivity index (χ1n) is 56.9.